The summed E-state index contributed by atoms with van der Waals surface area (Å²) in [6, 6.07) is 17.9. The minimum absolute atomic E-state index is 0.0183. The van der Waals surface area contributed by atoms with Gasteiger partial charge in [-0.05, 0) is 53.9 Å². The molecule has 2 heterocycles. The van der Waals surface area contributed by atoms with E-state index in [4.69, 9.17) is 0 Å². The molecule has 0 aliphatic carbocycles. The van der Waals surface area contributed by atoms with Gasteiger partial charge in [-0.3, -0.25) is 9.59 Å². The Hall–Kier alpha value is -3.00. The lowest BCUT2D eigenvalue weighted by Gasteiger charge is -2.44. The van der Waals surface area contributed by atoms with Crippen molar-refractivity contribution < 1.29 is 22.8 Å². The molecule has 2 amide bonds. The van der Waals surface area contributed by atoms with Crippen LogP contribution in [0.25, 0.3) is 10.8 Å². The third kappa shape index (κ3) is 4.04. The lowest BCUT2D eigenvalue weighted by molar-refractivity contribution is -0.137. The molecule has 5 rings (SSSR count). The minimum atomic E-state index is -4.43. The molecule has 0 bridgehead atoms. The zero-order valence-corrected chi connectivity index (χ0v) is 19.2. The monoisotopic (exact) mass is 484 g/mol. The first-order valence-corrected chi connectivity index (χ1v) is 12.2. The van der Waals surface area contributed by atoms with Crippen LogP contribution in [0.3, 0.4) is 0 Å². The number of hydrogen-bond acceptors (Lipinski definition) is 3. The molecule has 2 aliphatic heterocycles. The Balaban J connectivity index is 1.31. The van der Waals surface area contributed by atoms with E-state index < -0.39 is 16.6 Å². The number of carbonyl (C=O) groups excluding carboxylic acids is 2. The van der Waals surface area contributed by atoms with Gasteiger partial charge in [-0.25, -0.2) is 0 Å². The average Bonchev–Trinajstić information content (AvgIpc) is 3.25. The zero-order valence-electron chi connectivity index (χ0n) is 18.3. The highest BCUT2D eigenvalue weighted by molar-refractivity contribution is 8.00. The summed E-state index contributed by atoms with van der Waals surface area (Å²) in [6.45, 7) is 1.58. The largest absolute Gasteiger partial charge is 0.416 e. The van der Waals surface area contributed by atoms with E-state index in [0.717, 1.165) is 28.7 Å². The summed E-state index contributed by atoms with van der Waals surface area (Å²) in [7, 11) is 0. The summed E-state index contributed by atoms with van der Waals surface area (Å²) in [6.07, 6.45) is -3.18. The van der Waals surface area contributed by atoms with Crippen LogP contribution in [0.1, 0.15) is 39.1 Å². The van der Waals surface area contributed by atoms with Crippen molar-refractivity contribution in [2.24, 2.45) is 0 Å². The van der Waals surface area contributed by atoms with Crippen molar-refractivity contribution in [1.82, 2.24) is 9.80 Å². The maximum atomic E-state index is 13.3. The first kappa shape index (κ1) is 22.8. The quantitative estimate of drug-likeness (QED) is 0.470. The third-order valence-electron chi connectivity index (χ3n) is 6.73. The predicted molar refractivity (Wildman–Crippen MR) is 127 cm³/mol. The Morgan fingerprint density at radius 2 is 1.50 bits per heavy atom. The number of piperidine rings is 1. The van der Waals surface area contributed by atoms with Crippen LogP contribution in [-0.2, 0) is 6.18 Å². The van der Waals surface area contributed by atoms with Crippen LogP contribution < -0.4 is 0 Å². The molecule has 2 saturated heterocycles. The van der Waals surface area contributed by atoms with Crippen LogP contribution in [-0.4, -0.2) is 51.9 Å². The van der Waals surface area contributed by atoms with Gasteiger partial charge in [0.05, 0.1) is 10.4 Å². The van der Waals surface area contributed by atoms with Crippen molar-refractivity contribution in [3.05, 3.63) is 83.4 Å². The second-order valence-electron chi connectivity index (χ2n) is 8.65. The Morgan fingerprint density at radius 1 is 0.824 bits per heavy atom. The highest BCUT2D eigenvalue weighted by Crippen LogP contribution is 2.45. The number of thioether (sulfide) groups is 1. The number of fused-ring (bicyclic) bond motifs is 1. The van der Waals surface area contributed by atoms with E-state index in [1.54, 1.807) is 16.7 Å². The van der Waals surface area contributed by atoms with Gasteiger partial charge in [0, 0.05) is 36.5 Å². The summed E-state index contributed by atoms with van der Waals surface area (Å²) in [4.78, 5) is 29.7. The molecule has 0 N–H and O–H groups in total. The van der Waals surface area contributed by atoms with Crippen LogP contribution in [0.4, 0.5) is 13.2 Å². The number of rotatable bonds is 2. The van der Waals surface area contributed by atoms with E-state index in [1.807, 2.05) is 47.4 Å². The summed E-state index contributed by atoms with van der Waals surface area (Å²) < 4.78 is 38.7. The van der Waals surface area contributed by atoms with Gasteiger partial charge in [0.25, 0.3) is 11.8 Å². The molecule has 2 fully saturated rings. The highest BCUT2D eigenvalue weighted by Gasteiger charge is 2.47. The number of alkyl halides is 3. The maximum Gasteiger partial charge on any atom is 0.416 e. The van der Waals surface area contributed by atoms with E-state index in [9.17, 15) is 22.8 Å². The number of nitrogens with zero attached hydrogens (tertiary/aromatic N) is 2. The first-order chi connectivity index (χ1) is 16.3. The molecular weight excluding hydrogens is 461 g/mol. The second-order valence-corrected chi connectivity index (χ2v) is 10.1. The lowest BCUT2D eigenvalue weighted by Crippen LogP contribution is -2.53. The van der Waals surface area contributed by atoms with Crippen molar-refractivity contribution in [2.45, 2.75) is 23.9 Å². The van der Waals surface area contributed by atoms with E-state index in [1.165, 1.54) is 12.1 Å². The molecule has 3 aromatic rings. The zero-order chi connectivity index (χ0) is 23.9. The van der Waals surface area contributed by atoms with E-state index >= 15 is 0 Å². The fraction of sp³-hybridized carbons (Fsp3) is 0.308. The number of benzene rings is 3. The van der Waals surface area contributed by atoms with Gasteiger partial charge in [-0.2, -0.15) is 13.2 Å². The van der Waals surface area contributed by atoms with Crippen molar-refractivity contribution in [1.29, 1.82) is 0 Å². The number of carbonyl (C=O) groups is 2. The third-order valence-corrected chi connectivity index (χ3v) is 8.29. The van der Waals surface area contributed by atoms with Gasteiger partial charge in [-0.15, -0.1) is 11.8 Å². The number of halogens is 3. The van der Waals surface area contributed by atoms with E-state index in [0.29, 0.717) is 38.0 Å². The molecular formula is C26H23F3N2O2S. The van der Waals surface area contributed by atoms with Gasteiger partial charge >= 0.3 is 6.18 Å². The topological polar surface area (TPSA) is 40.6 Å². The van der Waals surface area contributed by atoms with Crippen LogP contribution in [0.15, 0.2) is 66.7 Å². The molecule has 176 valence electrons. The fourth-order valence-corrected chi connectivity index (χ4v) is 6.36. The maximum absolute atomic E-state index is 13.3. The SMILES string of the molecule is O=C(c1cccc2ccccc12)N1CCC2(CC1)SCCN2C(=O)c1ccc(C(F)(F)F)cc1. The van der Waals surface area contributed by atoms with Crippen LogP contribution >= 0.6 is 11.8 Å². The molecule has 4 nitrogen and oxygen atoms in total. The predicted octanol–water partition coefficient (Wildman–Crippen LogP) is 5.68. The minimum Gasteiger partial charge on any atom is -0.338 e. The van der Waals surface area contributed by atoms with Gasteiger partial charge < -0.3 is 9.80 Å². The Morgan fingerprint density at radius 3 is 2.21 bits per heavy atom. The normalized spacial score (nSPS) is 18.0. The Labute approximate surface area is 199 Å². The smallest absolute Gasteiger partial charge is 0.338 e. The molecule has 0 unspecified atom stereocenters. The number of hydrogen-bond donors (Lipinski definition) is 0. The Kier molecular flexibility index (Phi) is 5.80. The number of likely N-dealkylation sites (tertiary alicyclic amines) is 1. The standard InChI is InChI=1S/C26H23F3N2O2S/c27-26(28,29)20-10-8-19(9-11-20)23(32)31-16-17-34-25(31)12-14-30(15-13-25)24(33)22-7-3-5-18-4-1-2-6-21(18)22/h1-11H,12-17H2. The summed E-state index contributed by atoms with van der Waals surface area (Å²) in [5.74, 6) is 0.492. The summed E-state index contributed by atoms with van der Waals surface area (Å²) >= 11 is 1.70. The molecule has 0 saturated carbocycles. The molecule has 8 heteroatoms. The van der Waals surface area contributed by atoms with Crippen LogP contribution in [0, 0.1) is 0 Å². The van der Waals surface area contributed by atoms with Crippen LogP contribution in [0.2, 0.25) is 0 Å². The van der Waals surface area contributed by atoms with E-state index in [-0.39, 0.29) is 17.4 Å². The van der Waals surface area contributed by atoms with Crippen molar-refractivity contribution in [2.75, 3.05) is 25.4 Å². The number of amides is 2. The molecule has 0 aromatic heterocycles. The fourth-order valence-electron chi connectivity index (χ4n) is 4.91. The molecule has 2 aliphatic rings. The molecule has 0 radical (unpaired) electrons. The summed E-state index contributed by atoms with van der Waals surface area (Å²) in [5.41, 5.74) is 0.157. The summed E-state index contributed by atoms with van der Waals surface area (Å²) in [5, 5.41) is 1.94. The van der Waals surface area contributed by atoms with Gasteiger partial charge in [0.15, 0.2) is 0 Å². The lowest BCUT2D eigenvalue weighted by atomic mass is 9.98. The van der Waals surface area contributed by atoms with Gasteiger partial charge in [0.2, 0.25) is 0 Å². The Bertz CT molecular complexity index is 1230. The first-order valence-electron chi connectivity index (χ1n) is 11.2. The van der Waals surface area contributed by atoms with Gasteiger partial charge in [-0.1, -0.05) is 36.4 Å². The second kappa shape index (κ2) is 8.65. The average molecular weight is 485 g/mol. The molecule has 0 atom stereocenters. The van der Waals surface area contributed by atoms with Crippen LogP contribution in [0.5, 0.6) is 0 Å². The van der Waals surface area contributed by atoms with Crippen molar-refractivity contribution in [3.63, 3.8) is 0 Å². The molecule has 3 aromatic carbocycles. The molecule has 1 spiro atoms. The highest BCUT2D eigenvalue weighted by atomic mass is 32.2. The van der Waals surface area contributed by atoms with Crippen molar-refractivity contribution >= 4 is 34.3 Å². The van der Waals surface area contributed by atoms with E-state index in [2.05, 4.69) is 0 Å². The van der Waals surface area contributed by atoms with Gasteiger partial charge in [0.1, 0.15) is 0 Å². The molecule has 34 heavy (non-hydrogen) atoms. The van der Waals surface area contributed by atoms with Crippen molar-refractivity contribution in [3.8, 4) is 0 Å².